The monoisotopic (exact) mass is 994 g/mol. The van der Waals surface area contributed by atoms with Crippen molar-refractivity contribution in [3.8, 4) is 57.3 Å². The molecule has 70 heavy (non-hydrogen) atoms. The predicted molar refractivity (Wildman–Crippen MR) is 228 cm³/mol. The summed E-state index contributed by atoms with van der Waals surface area (Å²) in [5, 5.41) is 147. The predicted octanol–water partition coefficient (Wildman–Crippen LogP) is -3.25. The van der Waals surface area contributed by atoms with E-state index in [1.807, 2.05) is 0 Å². The molecule has 3 fully saturated rings. The number of carbonyl (C=O) groups excluding carboxylic acids is 1. The number of aromatic hydroxyl groups is 4. The van der Waals surface area contributed by atoms with Gasteiger partial charge in [-0.05, 0) is 42.0 Å². The molecule has 0 unspecified atom stereocenters. The molecule has 3 aromatic carbocycles. The van der Waals surface area contributed by atoms with Gasteiger partial charge in [-0.25, -0.2) is 4.79 Å². The summed E-state index contributed by atoms with van der Waals surface area (Å²) in [6.07, 6.45) is -26.3. The molecule has 1 aromatic heterocycles. The lowest BCUT2D eigenvalue weighted by atomic mass is 9.97. The van der Waals surface area contributed by atoms with E-state index in [1.165, 1.54) is 37.5 Å². The molecule has 0 saturated carbocycles. The number of carbonyl (C=O) groups is 1. The van der Waals surface area contributed by atoms with Gasteiger partial charge in [0.15, 0.2) is 52.7 Å². The first-order valence-electron chi connectivity index (χ1n) is 21.1. The number of benzene rings is 3. The Balaban J connectivity index is 1.24. The average Bonchev–Trinajstić information content (AvgIpc) is 3.34. The smallest absolute Gasteiger partial charge is 0.330 e. The number of ether oxygens (including phenoxy) is 9. The summed E-state index contributed by atoms with van der Waals surface area (Å²) in [6, 6.07) is 8.32. The van der Waals surface area contributed by atoms with Crippen LogP contribution in [0, 0.1) is 0 Å². The molecule has 26 nitrogen and oxygen atoms in total. The molecule has 15 atom stereocenters. The van der Waals surface area contributed by atoms with Crippen LogP contribution in [0.1, 0.15) is 5.56 Å². The van der Waals surface area contributed by atoms with Gasteiger partial charge < -0.3 is 119 Å². The number of rotatable bonds is 15. The molecule has 3 saturated heterocycles. The number of esters is 1. The van der Waals surface area contributed by atoms with E-state index < -0.39 is 180 Å². The summed E-state index contributed by atoms with van der Waals surface area (Å²) in [7, 11) is 2.28. The normalized spacial score (nSPS) is 31.3. The van der Waals surface area contributed by atoms with Gasteiger partial charge in [-0.15, -0.1) is 0 Å². The Morgan fingerprint density at radius 2 is 1.26 bits per heavy atom. The van der Waals surface area contributed by atoms with Crippen LogP contribution in [0.15, 0.2) is 57.8 Å². The fourth-order valence-corrected chi connectivity index (χ4v) is 7.73. The first-order valence-corrected chi connectivity index (χ1v) is 21.1. The molecule has 0 aliphatic carbocycles. The first-order chi connectivity index (χ1) is 33.3. The van der Waals surface area contributed by atoms with Crippen molar-refractivity contribution in [2.75, 3.05) is 34.0 Å². The lowest BCUT2D eigenvalue weighted by Crippen LogP contribution is -2.65. The number of hydrogen-bond acceptors (Lipinski definition) is 26. The second-order valence-electron chi connectivity index (χ2n) is 16.1. The highest BCUT2D eigenvalue weighted by atomic mass is 16.8. The zero-order valence-corrected chi connectivity index (χ0v) is 36.6. The van der Waals surface area contributed by atoms with E-state index in [-0.39, 0.29) is 11.3 Å². The van der Waals surface area contributed by atoms with E-state index in [0.29, 0.717) is 5.56 Å². The highest BCUT2D eigenvalue weighted by molar-refractivity contribution is 5.91. The highest BCUT2D eigenvalue weighted by Crippen LogP contribution is 2.46. The van der Waals surface area contributed by atoms with Crippen LogP contribution in [0.5, 0.6) is 46.0 Å². The van der Waals surface area contributed by atoms with Crippen LogP contribution >= 0.6 is 0 Å². The van der Waals surface area contributed by atoms with Crippen LogP contribution in [0.2, 0.25) is 0 Å². The lowest BCUT2D eigenvalue weighted by Gasteiger charge is -2.45. The van der Waals surface area contributed by atoms with Crippen LogP contribution in [0.25, 0.3) is 28.4 Å². The van der Waals surface area contributed by atoms with Crippen molar-refractivity contribution in [1.29, 1.82) is 0 Å². The number of hydrogen-bond donors (Lipinski definition) is 14. The summed E-state index contributed by atoms with van der Waals surface area (Å²) in [5.74, 6) is -5.95. The molecule has 4 heterocycles. The van der Waals surface area contributed by atoms with Gasteiger partial charge in [-0.2, -0.15) is 0 Å². The standard InChI is InChI=1S/C44H50O26/c1-61-20-7-5-16(10-19(20)49)38-40(69-44-41(35(58)29(52)24(13-46)67-44)70-43-37(60)33(56)28(51)23(12-45)66-43)32(55)27-21(64-38)11-22(39(62-2)31(27)54)65-42-36(59)34(57)30(53)25(68-42)14-63-26(50)8-4-15-3-6-17(47)18(48)9-15/h3-11,23-25,28-30,33-37,41-49,51-54,56-60H,12-14H2,1-2H3/b8-4+/t23-,24-,25-,28-,29-,30-,33+,34+,35+,36-,37-,41-,42-,43+,44+/m1/s1. The largest absolute Gasteiger partial charge is 0.504 e. The summed E-state index contributed by atoms with van der Waals surface area (Å²) in [6.45, 7) is -2.56. The van der Waals surface area contributed by atoms with E-state index >= 15 is 0 Å². The first kappa shape index (κ1) is 51.8. The third-order valence-electron chi connectivity index (χ3n) is 11.6. The summed E-state index contributed by atoms with van der Waals surface area (Å²) in [4.78, 5) is 27.3. The molecule has 4 aromatic rings. The van der Waals surface area contributed by atoms with E-state index in [4.69, 9.17) is 47.0 Å². The van der Waals surface area contributed by atoms with Gasteiger partial charge in [0.1, 0.15) is 84.7 Å². The van der Waals surface area contributed by atoms with Crippen LogP contribution in [0.4, 0.5) is 0 Å². The van der Waals surface area contributed by atoms with Gasteiger partial charge in [-0.3, -0.25) is 4.79 Å². The minimum Gasteiger partial charge on any atom is -0.504 e. The number of methoxy groups -OCH3 is 2. The number of phenolic OH excluding ortho intramolecular Hbond substituents is 4. The maximum atomic E-state index is 14.7. The van der Waals surface area contributed by atoms with Crippen molar-refractivity contribution in [2.24, 2.45) is 0 Å². The van der Waals surface area contributed by atoms with Gasteiger partial charge in [0.25, 0.3) is 0 Å². The number of aliphatic hydroxyl groups is 10. The molecule has 26 heteroatoms. The third kappa shape index (κ3) is 10.2. The Hall–Kier alpha value is -6.08. The Morgan fingerprint density at radius 1 is 0.629 bits per heavy atom. The fourth-order valence-electron chi connectivity index (χ4n) is 7.73. The SMILES string of the molecule is COc1ccc(-c2oc3cc(O[C@@H]4O[C@H](COC(=O)/C=C/c5ccc(O)c(O)c5)[C@@H](O)[C@H](O)[C@H]4O)c(OC)c(O)c3c(=O)c2O[C@@H]2O[C@H](CO)[C@@H](O)[C@H](O)[C@H]2O[C@@H]2O[C@H](CO)[C@@H](O)[C@H](O)[C@H]2O)cc1O. The summed E-state index contributed by atoms with van der Waals surface area (Å²) < 4.78 is 56.3. The minimum absolute atomic E-state index is 0.0444. The zero-order valence-electron chi connectivity index (χ0n) is 36.6. The second-order valence-corrected chi connectivity index (χ2v) is 16.1. The van der Waals surface area contributed by atoms with E-state index in [0.717, 1.165) is 31.4 Å². The fraction of sp³-hybridized carbons (Fsp3) is 0.455. The molecule has 0 amide bonds. The van der Waals surface area contributed by atoms with Crippen LogP contribution in [0.3, 0.4) is 0 Å². The lowest BCUT2D eigenvalue weighted by molar-refractivity contribution is -0.358. The average molecular weight is 995 g/mol. The van der Waals surface area contributed by atoms with E-state index in [1.54, 1.807) is 0 Å². The molecular weight excluding hydrogens is 944 g/mol. The molecule has 0 spiro atoms. The van der Waals surface area contributed by atoms with Gasteiger partial charge in [0.05, 0.1) is 27.4 Å². The van der Waals surface area contributed by atoms with E-state index in [2.05, 4.69) is 0 Å². The van der Waals surface area contributed by atoms with Gasteiger partial charge in [-0.1, -0.05) is 6.07 Å². The van der Waals surface area contributed by atoms with Crippen LogP contribution < -0.4 is 24.4 Å². The molecule has 0 bridgehead atoms. The Bertz CT molecular complexity index is 2580. The number of phenols is 4. The van der Waals surface area contributed by atoms with Crippen molar-refractivity contribution in [3.63, 3.8) is 0 Å². The minimum atomic E-state index is -2.09. The molecule has 0 radical (unpaired) electrons. The summed E-state index contributed by atoms with van der Waals surface area (Å²) in [5.41, 5.74) is -1.60. The Kier molecular flexibility index (Phi) is 15.9. The second kappa shape index (κ2) is 21.5. The van der Waals surface area contributed by atoms with Gasteiger partial charge in [0, 0.05) is 17.7 Å². The van der Waals surface area contributed by atoms with E-state index in [9.17, 15) is 81.1 Å². The van der Waals surface area contributed by atoms with Crippen LogP contribution in [-0.2, 0) is 28.5 Å². The van der Waals surface area contributed by atoms with Crippen molar-refractivity contribution in [1.82, 2.24) is 0 Å². The molecule has 382 valence electrons. The molecule has 3 aliphatic rings. The van der Waals surface area contributed by atoms with Gasteiger partial charge >= 0.3 is 5.97 Å². The maximum Gasteiger partial charge on any atom is 0.330 e. The third-order valence-corrected chi connectivity index (χ3v) is 11.6. The van der Waals surface area contributed by atoms with Gasteiger partial charge in [0.2, 0.25) is 29.5 Å². The number of aliphatic hydroxyl groups excluding tert-OH is 10. The highest BCUT2D eigenvalue weighted by Gasteiger charge is 2.52. The molecule has 7 rings (SSSR count). The van der Waals surface area contributed by atoms with Crippen molar-refractivity contribution in [2.45, 2.75) is 92.1 Å². The van der Waals surface area contributed by atoms with Crippen molar-refractivity contribution >= 4 is 23.0 Å². The number of fused-ring (bicyclic) bond motifs is 1. The Labute approximate surface area is 393 Å². The van der Waals surface area contributed by atoms with Crippen molar-refractivity contribution in [3.05, 3.63) is 64.3 Å². The summed E-state index contributed by atoms with van der Waals surface area (Å²) >= 11 is 0. The zero-order chi connectivity index (χ0) is 50.9. The Morgan fingerprint density at radius 3 is 1.89 bits per heavy atom. The molecular formula is C44H50O26. The molecule has 3 aliphatic heterocycles. The maximum absolute atomic E-state index is 14.7. The quantitative estimate of drug-likeness (QED) is 0.0316. The van der Waals surface area contributed by atoms with Crippen LogP contribution in [-0.4, -0.2) is 204 Å². The topological polar surface area (TPSA) is 414 Å². The van der Waals surface area contributed by atoms with Crippen molar-refractivity contribution < 1.29 is 123 Å². The molecule has 14 N–H and O–H groups in total.